The Hall–Kier alpha value is -1.51. The van der Waals surface area contributed by atoms with Gasteiger partial charge in [-0.25, -0.2) is 8.78 Å². The molecular formula is C9H10BF2NO4. The number of hydrogen-bond donors (Lipinski definition) is 4. The van der Waals surface area contributed by atoms with E-state index >= 15 is 0 Å². The van der Waals surface area contributed by atoms with Crippen LogP contribution in [0.25, 0.3) is 0 Å². The van der Waals surface area contributed by atoms with E-state index in [-0.39, 0.29) is 17.4 Å². The van der Waals surface area contributed by atoms with E-state index in [1.165, 1.54) is 0 Å². The molecule has 0 aliphatic heterocycles. The predicted molar refractivity (Wildman–Crippen MR) is 55.5 cm³/mol. The lowest BCUT2D eigenvalue weighted by Gasteiger charge is -2.12. The standard InChI is InChI=1S/C9H10BF2NO4/c11-6-1-4(2-8(13)9(14)15)5(10(16)17)3-7(6)12/h1,3,8,16-17H,2,13H2,(H,14,15)/t8-/m0/s1. The van der Waals surface area contributed by atoms with Crippen LogP contribution in [0.3, 0.4) is 0 Å². The molecule has 0 saturated carbocycles. The van der Waals surface area contributed by atoms with Crippen molar-refractivity contribution >= 4 is 18.6 Å². The van der Waals surface area contributed by atoms with Crippen molar-refractivity contribution < 1.29 is 28.7 Å². The molecule has 0 heterocycles. The van der Waals surface area contributed by atoms with Gasteiger partial charge in [-0.15, -0.1) is 0 Å². The molecule has 8 heteroatoms. The molecule has 1 rings (SSSR count). The molecule has 0 fully saturated rings. The van der Waals surface area contributed by atoms with Crippen molar-refractivity contribution in [2.75, 3.05) is 0 Å². The van der Waals surface area contributed by atoms with Crippen LogP contribution in [0, 0.1) is 11.6 Å². The minimum Gasteiger partial charge on any atom is -0.480 e. The summed E-state index contributed by atoms with van der Waals surface area (Å²) in [5, 5.41) is 26.5. The van der Waals surface area contributed by atoms with E-state index in [0.29, 0.717) is 12.1 Å². The number of carbonyl (C=O) groups is 1. The molecule has 0 saturated heterocycles. The van der Waals surface area contributed by atoms with E-state index < -0.39 is 30.8 Å². The number of carboxylic acid groups (broad SMARTS) is 1. The number of rotatable bonds is 4. The third-order valence-corrected chi connectivity index (χ3v) is 2.22. The van der Waals surface area contributed by atoms with Gasteiger partial charge in [-0.05, 0) is 29.6 Å². The SMILES string of the molecule is N[C@@H](Cc1cc(F)c(F)cc1B(O)O)C(=O)O. The largest absolute Gasteiger partial charge is 0.488 e. The van der Waals surface area contributed by atoms with Gasteiger partial charge in [-0.1, -0.05) is 0 Å². The van der Waals surface area contributed by atoms with E-state index in [1.54, 1.807) is 0 Å². The molecule has 0 amide bonds. The maximum Gasteiger partial charge on any atom is 0.488 e. The first-order chi connectivity index (χ1) is 7.82. The van der Waals surface area contributed by atoms with E-state index in [2.05, 4.69) is 0 Å². The van der Waals surface area contributed by atoms with Crippen molar-refractivity contribution in [3.63, 3.8) is 0 Å². The molecule has 1 aromatic rings. The van der Waals surface area contributed by atoms with Crippen molar-refractivity contribution in [3.05, 3.63) is 29.3 Å². The Morgan fingerprint density at radius 3 is 2.35 bits per heavy atom. The summed E-state index contributed by atoms with van der Waals surface area (Å²) < 4.78 is 25.8. The second kappa shape index (κ2) is 5.22. The fraction of sp³-hybridized carbons (Fsp3) is 0.222. The number of benzene rings is 1. The third kappa shape index (κ3) is 3.22. The highest BCUT2D eigenvalue weighted by molar-refractivity contribution is 6.59. The molecule has 0 aromatic heterocycles. The maximum atomic E-state index is 12.9. The molecule has 0 radical (unpaired) electrons. The normalized spacial score (nSPS) is 12.3. The number of hydrogen-bond acceptors (Lipinski definition) is 4. The first-order valence-corrected chi connectivity index (χ1v) is 4.65. The van der Waals surface area contributed by atoms with Gasteiger partial charge < -0.3 is 20.9 Å². The molecule has 0 aliphatic rings. The Bertz CT molecular complexity index is 441. The molecule has 0 unspecified atom stereocenters. The van der Waals surface area contributed by atoms with Crippen molar-refractivity contribution in [1.82, 2.24) is 0 Å². The van der Waals surface area contributed by atoms with E-state index in [9.17, 15) is 13.6 Å². The molecule has 5 nitrogen and oxygen atoms in total. The molecule has 17 heavy (non-hydrogen) atoms. The van der Waals surface area contributed by atoms with Crippen LogP contribution >= 0.6 is 0 Å². The van der Waals surface area contributed by atoms with Gasteiger partial charge in [0.1, 0.15) is 6.04 Å². The highest BCUT2D eigenvalue weighted by atomic mass is 19.2. The van der Waals surface area contributed by atoms with E-state index in [4.69, 9.17) is 20.9 Å². The molecule has 0 aliphatic carbocycles. The van der Waals surface area contributed by atoms with Crippen LogP contribution in [0.1, 0.15) is 5.56 Å². The monoisotopic (exact) mass is 245 g/mol. The van der Waals surface area contributed by atoms with Crippen LogP contribution < -0.4 is 11.2 Å². The Balaban J connectivity index is 3.12. The van der Waals surface area contributed by atoms with E-state index in [1.807, 2.05) is 0 Å². The number of aliphatic carboxylic acids is 1. The fourth-order valence-electron chi connectivity index (χ4n) is 1.34. The summed E-state index contributed by atoms with van der Waals surface area (Å²) in [6, 6.07) is -0.0334. The second-order valence-corrected chi connectivity index (χ2v) is 3.49. The zero-order valence-electron chi connectivity index (χ0n) is 8.60. The first-order valence-electron chi connectivity index (χ1n) is 4.65. The van der Waals surface area contributed by atoms with Crippen molar-refractivity contribution in [1.29, 1.82) is 0 Å². The predicted octanol–water partition coefficient (Wildman–Crippen LogP) is -1.40. The Labute approximate surface area is 95.6 Å². The molecule has 1 atom stereocenters. The summed E-state index contributed by atoms with van der Waals surface area (Å²) in [6.45, 7) is 0. The van der Waals surface area contributed by atoms with Gasteiger partial charge in [-0.3, -0.25) is 4.79 Å². The second-order valence-electron chi connectivity index (χ2n) is 3.49. The first kappa shape index (κ1) is 13.6. The average Bonchev–Trinajstić information content (AvgIpc) is 2.22. The highest BCUT2D eigenvalue weighted by Gasteiger charge is 2.22. The van der Waals surface area contributed by atoms with Gasteiger partial charge in [0.25, 0.3) is 0 Å². The zero-order chi connectivity index (χ0) is 13.2. The minimum atomic E-state index is -2.03. The molecule has 1 aromatic carbocycles. The van der Waals surface area contributed by atoms with E-state index in [0.717, 1.165) is 0 Å². The smallest absolute Gasteiger partial charge is 0.480 e. The van der Waals surface area contributed by atoms with Gasteiger partial charge in [0.05, 0.1) is 0 Å². The summed E-state index contributed by atoms with van der Waals surface area (Å²) in [4.78, 5) is 10.5. The number of carboxylic acids is 1. The highest BCUT2D eigenvalue weighted by Crippen LogP contribution is 2.09. The summed E-state index contributed by atoms with van der Waals surface area (Å²) >= 11 is 0. The number of nitrogens with two attached hydrogens (primary N) is 1. The van der Waals surface area contributed by atoms with Gasteiger partial charge in [-0.2, -0.15) is 0 Å². The van der Waals surface area contributed by atoms with Crippen LogP contribution in [-0.2, 0) is 11.2 Å². The summed E-state index contributed by atoms with van der Waals surface area (Å²) in [7, 11) is -2.03. The Morgan fingerprint density at radius 1 is 1.35 bits per heavy atom. The minimum absolute atomic E-state index is 0.0613. The summed E-state index contributed by atoms with van der Waals surface area (Å²) in [6.07, 6.45) is -0.334. The van der Waals surface area contributed by atoms with Crippen molar-refractivity contribution in [2.24, 2.45) is 5.73 Å². The Kier molecular flexibility index (Phi) is 4.16. The van der Waals surface area contributed by atoms with Crippen molar-refractivity contribution in [2.45, 2.75) is 12.5 Å². The molecule has 92 valence electrons. The molecule has 0 spiro atoms. The molecule has 5 N–H and O–H groups in total. The maximum absolute atomic E-state index is 12.9. The lowest BCUT2D eigenvalue weighted by atomic mass is 9.75. The van der Waals surface area contributed by atoms with Gasteiger partial charge >= 0.3 is 13.1 Å². The lowest BCUT2D eigenvalue weighted by molar-refractivity contribution is -0.138. The van der Waals surface area contributed by atoms with Crippen molar-refractivity contribution in [3.8, 4) is 0 Å². The zero-order valence-corrected chi connectivity index (χ0v) is 8.60. The van der Waals surface area contributed by atoms with Crippen LogP contribution in [-0.4, -0.2) is 34.3 Å². The topological polar surface area (TPSA) is 104 Å². The van der Waals surface area contributed by atoms with Gasteiger partial charge in [0.15, 0.2) is 11.6 Å². The van der Waals surface area contributed by atoms with Crippen LogP contribution in [0.15, 0.2) is 12.1 Å². The van der Waals surface area contributed by atoms with Crippen LogP contribution in [0.2, 0.25) is 0 Å². The Morgan fingerprint density at radius 2 is 1.88 bits per heavy atom. The third-order valence-electron chi connectivity index (χ3n) is 2.22. The number of halogens is 2. The van der Waals surface area contributed by atoms with Gasteiger partial charge in [0.2, 0.25) is 0 Å². The summed E-state index contributed by atoms with van der Waals surface area (Å²) in [5.74, 6) is -3.78. The quantitative estimate of drug-likeness (QED) is 0.488. The molecular weight excluding hydrogens is 235 g/mol. The summed E-state index contributed by atoms with van der Waals surface area (Å²) in [5.41, 5.74) is 4.86. The lowest BCUT2D eigenvalue weighted by Crippen LogP contribution is -2.39. The van der Waals surface area contributed by atoms with Gasteiger partial charge in [0, 0.05) is 0 Å². The molecule has 0 bridgehead atoms. The average molecular weight is 245 g/mol. The van der Waals surface area contributed by atoms with Crippen LogP contribution in [0.4, 0.5) is 8.78 Å². The van der Waals surface area contributed by atoms with Crippen LogP contribution in [0.5, 0.6) is 0 Å². The fourth-order valence-corrected chi connectivity index (χ4v) is 1.34.